The number of nitrogens with one attached hydrogen (secondary N) is 2. The Balaban J connectivity index is 1.59. The summed E-state index contributed by atoms with van der Waals surface area (Å²) in [6.45, 7) is 2.25. The highest BCUT2D eigenvalue weighted by Gasteiger charge is 2.10. The fourth-order valence-electron chi connectivity index (χ4n) is 2.95. The molecule has 3 aromatic rings. The number of para-hydroxylation sites is 1. The number of hydrogen-bond acceptors (Lipinski definition) is 2. The van der Waals surface area contributed by atoms with Crippen LogP contribution >= 0.6 is 11.6 Å². The van der Waals surface area contributed by atoms with E-state index in [0.29, 0.717) is 5.02 Å². The molecule has 3 nitrogen and oxygen atoms in total. The van der Waals surface area contributed by atoms with E-state index in [2.05, 4.69) is 22.8 Å². The van der Waals surface area contributed by atoms with Crippen molar-refractivity contribution in [1.29, 1.82) is 0 Å². The van der Waals surface area contributed by atoms with Crippen LogP contribution in [0.3, 0.4) is 0 Å². The van der Waals surface area contributed by atoms with Crippen molar-refractivity contribution in [2.45, 2.75) is 19.4 Å². The van der Waals surface area contributed by atoms with Gasteiger partial charge in [-0.1, -0.05) is 72.3 Å². The smallest absolute Gasteiger partial charge is 0.238 e. The summed E-state index contributed by atoms with van der Waals surface area (Å²) < 4.78 is 0. The number of anilines is 1. The van der Waals surface area contributed by atoms with Crippen LogP contribution in [0.15, 0.2) is 78.9 Å². The van der Waals surface area contributed by atoms with Gasteiger partial charge in [-0.05, 0) is 48.2 Å². The van der Waals surface area contributed by atoms with E-state index in [-0.39, 0.29) is 18.5 Å². The first-order chi connectivity index (χ1) is 13.1. The van der Waals surface area contributed by atoms with Crippen molar-refractivity contribution >= 4 is 23.2 Å². The number of carbonyl (C=O) groups is 1. The maximum Gasteiger partial charge on any atom is 0.238 e. The van der Waals surface area contributed by atoms with Gasteiger partial charge < -0.3 is 10.6 Å². The van der Waals surface area contributed by atoms with E-state index in [0.717, 1.165) is 23.2 Å². The molecule has 0 radical (unpaired) electrons. The number of carbonyl (C=O) groups excluding carboxylic acids is 1. The maximum absolute atomic E-state index is 12.4. The van der Waals surface area contributed by atoms with E-state index in [1.54, 1.807) is 0 Å². The van der Waals surface area contributed by atoms with Gasteiger partial charge in [0.25, 0.3) is 0 Å². The predicted octanol–water partition coefficient (Wildman–Crippen LogP) is 5.22. The van der Waals surface area contributed by atoms with Crippen LogP contribution in [0.2, 0.25) is 5.02 Å². The van der Waals surface area contributed by atoms with Crippen molar-refractivity contribution < 1.29 is 4.79 Å². The Kier molecular flexibility index (Phi) is 6.64. The molecule has 3 rings (SSSR count). The van der Waals surface area contributed by atoms with Gasteiger partial charge in [-0.15, -0.1) is 0 Å². The lowest BCUT2D eigenvalue weighted by atomic mass is 10.0. The molecule has 0 aromatic heterocycles. The molecule has 0 aliphatic heterocycles. The third kappa shape index (κ3) is 5.68. The summed E-state index contributed by atoms with van der Waals surface area (Å²) in [6.07, 6.45) is 0.781. The van der Waals surface area contributed by atoms with Crippen molar-refractivity contribution in [3.63, 3.8) is 0 Å². The summed E-state index contributed by atoms with van der Waals surface area (Å²) in [5, 5.41) is 6.96. The molecule has 0 bridgehead atoms. The molecule has 138 valence electrons. The highest BCUT2D eigenvalue weighted by Crippen LogP contribution is 2.20. The lowest BCUT2D eigenvalue weighted by molar-refractivity contribution is -0.115. The van der Waals surface area contributed by atoms with Crippen molar-refractivity contribution in [3.8, 4) is 0 Å². The molecule has 1 amide bonds. The lowest BCUT2D eigenvalue weighted by Gasteiger charge is -2.15. The second-order valence-corrected chi connectivity index (χ2v) is 6.96. The van der Waals surface area contributed by atoms with Crippen molar-refractivity contribution in [2.24, 2.45) is 0 Å². The Morgan fingerprint density at radius 3 is 2.48 bits per heavy atom. The average molecular weight is 379 g/mol. The SMILES string of the molecule is C[C@@H](NCC(=O)Nc1ccccc1Cc1ccccc1)c1cccc(Cl)c1. The zero-order chi connectivity index (χ0) is 19.1. The number of benzene rings is 3. The predicted molar refractivity (Wildman–Crippen MR) is 112 cm³/mol. The second kappa shape index (κ2) is 9.36. The first-order valence-electron chi connectivity index (χ1n) is 9.02. The van der Waals surface area contributed by atoms with Crippen LogP contribution in [0.5, 0.6) is 0 Å². The fourth-order valence-corrected chi connectivity index (χ4v) is 3.14. The molecule has 2 N–H and O–H groups in total. The molecule has 1 atom stereocenters. The minimum absolute atomic E-state index is 0.0361. The third-order valence-electron chi connectivity index (χ3n) is 4.45. The average Bonchev–Trinajstić information content (AvgIpc) is 2.68. The normalized spacial score (nSPS) is 11.8. The second-order valence-electron chi connectivity index (χ2n) is 6.53. The van der Waals surface area contributed by atoms with Crippen LogP contribution in [0.1, 0.15) is 29.7 Å². The summed E-state index contributed by atoms with van der Waals surface area (Å²) >= 11 is 6.04. The molecule has 0 spiro atoms. The Labute approximate surface area is 165 Å². The van der Waals surface area contributed by atoms with Crippen molar-refractivity contribution in [2.75, 3.05) is 11.9 Å². The molecular weight excluding hydrogens is 356 g/mol. The minimum atomic E-state index is -0.0654. The van der Waals surface area contributed by atoms with Gasteiger partial charge in [-0.3, -0.25) is 4.79 Å². The van der Waals surface area contributed by atoms with Crippen molar-refractivity contribution in [3.05, 3.63) is 101 Å². The molecular formula is C23H23ClN2O. The van der Waals surface area contributed by atoms with Gasteiger partial charge >= 0.3 is 0 Å². The minimum Gasteiger partial charge on any atom is -0.325 e. The van der Waals surface area contributed by atoms with E-state index >= 15 is 0 Å². The van der Waals surface area contributed by atoms with Gasteiger partial charge in [-0.25, -0.2) is 0 Å². The lowest BCUT2D eigenvalue weighted by Crippen LogP contribution is -2.30. The number of rotatable bonds is 7. The third-order valence-corrected chi connectivity index (χ3v) is 4.68. The van der Waals surface area contributed by atoms with Crippen LogP contribution in [0.4, 0.5) is 5.69 Å². The quantitative estimate of drug-likeness (QED) is 0.591. The zero-order valence-corrected chi connectivity index (χ0v) is 16.0. The molecule has 0 fully saturated rings. The van der Waals surface area contributed by atoms with Gasteiger partial charge in [0.05, 0.1) is 6.54 Å². The van der Waals surface area contributed by atoms with Gasteiger partial charge in [0.1, 0.15) is 0 Å². The van der Waals surface area contributed by atoms with Crippen LogP contribution in [0.25, 0.3) is 0 Å². The molecule has 27 heavy (non-hydrogen) atoms. The van der Waals surface area contributed by atoms with Crippen molar-refractivity contribution in [1.82, 2.24) is 5.32 Å². The Hall–Kier alpha value is -2.62. The molecule has 4 heteroatoms. The van der Waals surface area contributed by atoms with E-state index < -0.39 is 0 Å². The largest absolute Gasteiger partial charge is 0.325 e. The molecule has 0 aliphatic rings. The summed E-state index contributed by atoms with van der Waals surface area (Å²) in [5.74, 6) is -0.0654. The van der Waals surface area contributed by atoms with Crippen LogP contribution < -0.4 is 10.6 Å². The van der Waals surface area contributed by atoms with Gasteiger partial charge in [0, 0.05) is 16.8 Å². The molecule has 0 unspecified atom stereocenters. The molecule has 3 aromatic carbocycles. The fraction of sp³-hybridized carbons (Fsp3) is 0.174. The summed E-state index contributed by atoms with van der Waals surface area (Å²) in [4.78, 5) is 12.4. The maximum atomic E-state index is 12.4. The standard InChI is InChI=1S/C23H23ClN2O/c1-17(19-11-7-12-21(24)15-19)25-16-23(27)26-22-13-6-5-10-20(22)14-18-8-3-2-4-9-18/h2-13,15,17,25H,14,16H2,1H3,(H,26,27)/t17-/m1/s1. The van der Waals surface area contributed by atoms with Gasteiger partial charge in [-0.2, -0.15) is 0 Å². The van der Waals surface area contributed by atoms with Crippen LogP contribution in [0, 0.1) is 0 Å². The molecule has 0 aliphatic carbocycles. The highest BCUT2D eigenvalue weighted by atomic mass is 35.5. The molecule has 0 heterocycles. The highest BCUT2D eigenvalue weighted by molar-refractivity contribution is 6.30. The number of halogens is 1. The molecule has 0 saturated heterocycles. The van der Waals surface area contributed by atoms with Crippen LogP contribution in [-0.2, 0) is 11.2 Å². The zero-order valence-electron chi connectivity index (χ0n) is 15.3. The number of hydrogen-bond donors (Lipinski definition) is 2. The molecule has 0 saturated carbocycles. The first-order valence-corrected chi connectivity index (χ1v) is 9.40. The Morgan fingerprint density at radius 2 is 1.70 bits per heavy atom. The first kappa shape index (κ1) is 19.2. The summed E-state index contributed by atoms with van der Waals surface area (Å²) in [6, 6.07) is 25.8. The van der Waals surface area contributed by atoms with E-state index in [1.165, 1.54) is 5.56 Å². The Morgan fingerprint density at radius 1 is 0.963 bits per heavy atom. The summed E-state index contributed by atoms with van der Waals surface area (Å²) in [7, 11) is 0. The topological polar surface area (TPSA) is 41.1 Å². The van der Waals surface area contributed by atoms with E-state index in [9.17, 15) is 4.79 Å². The van der Waals surface area contributed by atoms with Gasteiger partial charge in [0.2, 0.25) is 5.91 Å². The monoisotopic (exact) mass is 378 g/mol. The van der Waals surface area contributed by atoms with E-state index in [1.807, 2.05) is 73.7 Å². The Bertz CT molecular complexity index is 896. The van der Waals surface area contributed by atoms with Gasteiger partial charge in [0.15, 0.2) is 0 Å². The number of amides is 1. The summed E-state index contributed by atoms with van der Waals surface area (Å²) in [5.41, 5.74) is 4.22. The van der Waals surface area contributed by atoms with Crippen LogP contribution in [-0.4, -0.2) is 12.5 Å². The van der Waals surface area contributed by atoms with E-state index in [4.69, 9.17) is 11.6 Å².